The van der Waals surface area contributed by atoms with Crippen LogP contribution >= 0.6 is 0 Å². The molecule has 5 heteroatoms. The van der Waals surface area contributed by atoms with Crippen molar-refractivity contribution in [1.82, 2.24) is 25.5 Å². The van der Waals surface area contributed by atoms with Gasteiger partial charge in [-0.3, -0.25) is 0 Å². The number of nitrogens with zero attached hydrogens (tertiary/aromatic N) is 4. The van der Waals surface area contributed by atoms with E-state index in [0.29, 0.717) is 5.82 Å². The molecule has 0 fully saturated rings. The third kappa shape index (κ3) is 2.68. The van der Waals surface area contributed by atoms with E-state index in [1.54, 1.807) is 4.80 Å². The Labute approximate surface area is 101 Å². The lowest BCUT2D eigenvalue weighted by atomic mass is 10.2. The van der Waals surface area contributed by atoms with E-state index in [0.717, 1.165) is 18.5 Å². The summed E-state index contributed by atoms with van der Waals surface area (Å²) in [7, 11) is 1.93. The van der Waals surface area contributed by atoms with Crippen LogP contribution in [0.4, 0.5) is 0 Å². The minimum absolute atomic E-state index is 0.255. The van der Waals surface area contributed by atoms with Gasteiger partial charge in [0, 0.05) is 12.1 Å². The Balaban J connectivity index is 2.21. The van der Waals surface area contributed by atoms with Gasteiger partial charge in [-0.2, -0.15) is 4.80 Å². The van der Waals surface area contributed by atoms with Crippen molar-refractivity contribution in [3.63, 3.8) is 0 Å². The highest BCUT2D eigenvalue weighted by atomic mass is 15.6. The molecule has 1 N–H and O–H groups in total. The lowest BCUT2D eigenvalue weighted by Crippen LogP contribution is -2.23. The van der Waals surface area contributed by atoms with Crippen LogP contribution in [-0.4, -0.2) is 33.8 Å². The largest absolute Gasteiger partial charge is 0.318 e. The molecule has 0 saturated carbocycles. The van der Waals surface area contributed by atoms with Crippen molar-refractivity contribution < 1.29 is 0 Å². The smallest absolute Gasteiger partial charge is 0.204 e. The molecular formula is C12H17N5. The Morgan fingerprint density at radius 3 is 2.71 bits per heavy atom. The van der Waals surface area contributed by atoms with Gasteiger partial charge in [-0.05, 0) is 18.7 Å². The summed E-state index contributed by atoms with van der Waals surface area (Å²) < 4.78 is 0. The summed E-state index contributed by atoms with van der Waals surface area (Å²) in [4.78, 5) is 1.69. The van der Waals surface area contributed by atoms with Crippen LogP contribution in [0.15, 0.2) is 30.3 Å². The summed E-state index contributed by atoms with van der Waals surface area (Å²) in [6.07, 6.45) is 0.978. The number of tetrazole rings is 1. The SMILES string of the molecule is CCC(CNC)n1nnc(-c2ccccc2)n1. The Morgan fingerprint density at radius 1 is 1.29 bits per heavy atom. The highest BCUT2D eigenvalue weighted by molar-refractivity contribution is 5.52. The van der Waals surface area contributed by atoms with Crippen molar-refractivity contribution in [3.8, 4) is 11.4 Å². The molecule has 0 saturated heterocycles. The van der Waals surface area contributed by atoms with E-state index in [-0.39, 0.29) is 6.04 Å². The van der Waals surface area contributed by atoms with Crippen molar-refractivity contribution >= 4 is 0 Å². The molecule has 1 atom stereocenters. The zero-order chi connectivity index (χ0) is 12.1. The quantitative estimate of drug-likeness (QED) is 0.847. The second-order valence-corrected chi connectivity index (χ2v) is 3.92. The van der Waals surface area contributed by atoms with E-state index in [2.05, 4.69) is 27.7 Å². The predicted octanol–water partition coefficient (Wildman–Crippen LogP) is 1.51. The molecule has 0 aliphatic rings. The number of hydrogen-bond acceptors (Lipinski definition) is 4. The Hall–Kier alpha value is -1.75. The minimum Gasteiger partial charge on any atom is -0.318 e. The molecule has 1 unspecified atom stereocenters. The second kappa shape index (κ2) is 5.54. The summed E-state index contributed by atoms with van der Waals surface area (Å²) in [5.74, 6) is 0.681. The van der Waals surface area contributed by atoms with Crippen LogP contribution < -0.4 is 5.32 Å². The van der Waals surface area contributed by atoms with Crippen LogP contribution in [0.25, 0.3) is 11.4 Å². The molecule has 1 aromatic heterocycles. The molecule has 0 radical (unpaired) electrons. The number of rotatable bonds is 5. The molecule has 2 rings (SSSR count). The topological polar surface area (TPSA) is 55.6 Å². The molecule has 1 heterocycles. The van der Waals surface area contributed by atoms with Gasteiger partial charge in [-0.15, -0.1) is 10.2 Å². The second-order valence-electron chi connectivity index (χ2n) is 3.92. The summed E-state index contributed by atoms with van der Waals surface area (Å²) in [6, 6.07) is 10.1. The number of likely N-dealkylation sites (N-methyl/N-ethyl adjacent to an activating group) is 1. The van der Waals surface area contributed by atoms with Gasteiger partial charge in [0.25, 0.3) is 0 Å². The number of aromatic nitrogens is 4. The monoisotopic (exact) mass is 231 g/mol. The van der Waals surface area contributed by atoms with Crippen molar-refractivity contribution in [1.29, 1.82) is 0 Å². The van der Waals surface area contributed by atoms with Crippen LogP contribution in [0.3, 0.4) is 0 Å². The maximum atomic E-state index is 4.42. The van der Waals surface area contributed by atoms with E-state index in [4.69, 9.17) is 0 Å². The fraction of sp³-hybridized carbons (Fsp3) is 0.417. The first-order valence-corrected chi connectivity index (χ1v) is 5.84. The summed E-state index contributed by atoms with van der Waals surface area (Å²) in [5.41, 5.74) is 0.998. The van der Waals surface area contributed by atoms with Gasteiger partial charge >= 0.3 is 0 Å². The minimum atomic E-state index is 0.255. The van der Waals surface area contributed by atoms with Crippen molar-refractivity contribution in [2.75, 3.05) is 13.6 Å². The van der Waals surface area contributed by atoms with E-state index >= 15 is 0 Å². The summed E-state index contributed by atoms with van der Waals surface area (Å²) >= 11 is 0. The molecule has 1 aromatic carbocycles. The van der Waals surface area contributed by atoms with E-state index in [9.17, 15) is 0 Å². The van der Waals surface area contributed by atoms with Gasteiger partial charge in [-0.1, -0.05) is 37.3 Å². The number of nitrogens with one attached hydrogen (secondary N) is 1. The molecule has 5 nitrogen and oxygen atoms in total. The molecule has 0 spiro atoms. The van der Waals surface area contributed by atoms with Crippen molar-refractivity contribution in [2.45, 2.75) is 19.4 Å². The zero-order valence-electron chi connectivity index (χ0n) is 10.2. The average Bonchev–Trinajstić information content (AvgIpc) is 2.86. The first kappa shape index (κ1) is 11.7. The molecule has 0 amide bonds. The average molecular weight is 231 g/mol. The van der Waals surface area contributed by atoms with Gasteiger partial charge in [0.2, 0.25) is 5.82 Å². The highest BCUT2D eigenvalue weighted by Crippen LogP contribution is 2.14. The third-order valence-corrected chi connectivity index (χ3v) is 2.70. The molecule has 0 bridgehead atoms. The standard InChI is InChI=1S/C12H17N5/c1-3-11(9-13-2)17-15-12(14-16-17)10-7-5-4-6-8-10/h4-8,11,13H,3,9H2,1-2H3. The zero-order valence-corrected chi connectivity index (χ0v) is 10.2. The van der Waals surface area contributed by atoms with Crippen LogP contribution in [0, 0.1) is 0 Å². The maximum Gasteiger partial charge on any atom is 0.204 e. The molecule has 2 aromatic rings. The molecular weight excluding hydrogens is 214 g/mol. The Morgan fingerprint density at radius 2 is 2.06 bits per heavy atom. The van der Waals surface area contributed by atoms with Gasteiger partial charge in [0.05, 0.1) is 6.04 Å². The number of benzene rings is 1. The highest BCUT2D eigenvalue weighted by Gasteiger charge is 2.12. The third-order valence-electron chi connectivity index (χ3n) is 2.70. The fourth-order valence-corrected chi connectivity index (χ4v) is 1.71. The molecule has 0 aliphatic heterocycles. The van der Waals surface area contributed by atoms with Crippen molar-refractivity contribution in [3.05, 3.63) is 30.3 Å². The predicted molar refractivity (Wildman–Crippen MR) is 66.5 cm³/mol. The molecule has 17 heavy (non-hydrogen) atoms. The lowest BCUT2D eigenvalue weighted by Gasteiger charge is -2.11. The first-order valence-electron chi connectivity index (χ1n) is 5.84. The Kier molecular flexibility index (Phi) is 3.82. The van der Waals surface area contributed by atoms with Gasteiger partial charge in [0.1, 0.15) is 0 Å². The first-order chi connectivity index (χ1) is 8.35. The van der Waals surface area contributed by atoms with Gasteiger partial charge in [0.15, 0.2) is 0 Å². The van der Waals surface area contributed by atoms with Crippen LogP contribution in [0.5, 0.6) is 0 Å². The van der Waals surface area contributed by atoms with Crippen LogP contribution in [0.2, 0.25) is 0 Å². The number of hydrogen-bond donors (Lipinski definition) is 1. The summed E-state index contributed by atoms with van der Waals surface area (Å²) in [6.45, 7) is 2.97. The molecule has 0 aliphatic carbocycles. The van der Waals surface area contributed by atoms with Crippen molar-refractivity contribution in [2.24, 2.45) is 0 Å². The van der Waals surface area contributed by atoms with Gasteiger partial charge in [-0.25, -0.2) is 0 Å². The summed E-state index contributed by atoms with van der Waals surface area (Å²) in [5, 5.41) is 15.8. The van der Waals surface area contributed by atoms with Crippen LogP contribution in [-0.2, 0) is 0 Å². The van der Waals surface area contributed by atoms with Gasteiger partial charge < -0.3 is 5.32 Å². The van der Waals surface area contributed by atoms with E-state index < -0.39 is 0 Å². The van der Waals surface area contributed by atoms with Crippen LogP contribution in [0.1, 0.15) is 19.4 Å². The normalized spacial score (nSPS) is 12.6. The molecule has 90 valence electrons. The maximum absolute atomic E-state index is 4.42. The van der Waals surface area contributed by atoms with E-state index in [1.807, 2.05) is 37.4 Å². The van der Waals surface area contributed by atoms with E-state index in [1.165, 1.54) is 0 Å². The lowest BCUT2D eigenvalue weighted by molar-refractivity contribution is 0.374. The Bertz CT molecular complexity index is 451. The fourth-order valence-electron chi connectivity index (χ4n) is 1.71.